The summed E-state index contributed by atoms with van der Waals surface area (Å²) in [5.41, 5.74) is 4.97. The van der Waals surface area contributed by atoms with Crippen LogP contribution in [0.25, 0.3) is 27.0 Å². The maximum Gasteiger partial charge on any atom is 0.262 e. The van der Waals surface area contributed by atoms with Crippen LogP contribution in [0.1, 0.15) is 17.5 Å². The molecular formula is C27H25N5O2S. The van der Waals surface area contributed by atoms with Crippen molar-refractivity contribution in [2.45, 2.75) is 26.3 Å². The van der Waals surface area contributed by atoms with Crippen molar-refractivity contribution < 1.29 is 4.79 Å². The van der Waals surface area contributed by atoms with Gasteiger partial charge in [0.25, 0.3) is 5.56 Å². The maximum absolute atomic E-state index is 13.2. The number of para-hydroxylation sites is 1. The summed E-state index contributed by atoms with van der Waals surface area (Å²) in [4.78, 5) is 30.7. The van der Waals surface area contributed by atoms with E-state index < -0.39 is 0 Å². The molecule has 3 heterocycles. The predicted octanol–water partition coefficient (Wildman–Crippen LogP) is 4.37. The molecular weight excluding hydrogens is 458 g/mol. The Bertz CT molecular complexity index is 1520. The largest absolute Gasteiger partial charge is 0.356 e. The van der Waals surface area contributed by atoms with Crippen LogP contribution < -0.4 is 10.9 Å². The van der Waals surface area contributed by atoms with Gasteiger partial charge >= 0.3 is 0 Å². The number of hydrogen-bond donors (Lipinski definition) is 1. The lowest BCUT2D eigenvalue weighted by atomic mass is 10.1. The van der Waals surface area contributed by atoms with E-state index in [2.05, 4.69) is 15.4 Å². The van der Waals surface area contributed by atoms with Crippen LogP contribution in [0.4, 0.5) is 0 Å². The first-order valence-corrected chi connectivity index (χ1v) is 12.4. The van der Waals surface area contributed by atoms with Gasteiger partial charge in [-0.05, 0) is 36.6 Å². The Hall–Kier alpha value is -4.04. The number of carbonyl (C=O) groups is 1. The maximum atomic E-state index is 13.2. The third kappa shape index (κ3) is 5.07. The van der Waals surface area contributed by atoms with E-state index in [0.717, 1.165) is 22.4 Å². The minimum atomic E-state index is -0.118. The fourth-order valence-corrected chi connectivity index (χ4v) is 4.85. The van der Waals surface area contributed by atoms with Crippen LogP contribution >= 0.6 is 11.3 Å². The Morgan fingerprint density at radius 1 is 1.09 bits per heavy atom. The van der Waals surface area contributed by atoms with Gasteiger partial charge in [-0.1, -0.05) is 48.0 Å². The lowest BCUT2D eigenvalue weighted by molar-refractivity contribution is -0.121. The van der Waals surface area contributed by atoms with Crippen LogP contribution in [0.15, 0.2) is 83.5 Å². The van der Waals surface area contributed by atoms with Gasteiger partial charge in [-0.3, -0.25) is 14.2 Å². The number of benzene rings is 2. The number of carbonyl (C=O) groups excluding carboxylic acids is 1. The van der Waals surface area contributed by atoms with Crippen molar-refractivity contribution >= 4 is 27.5 Å². The van der Waals surface area contributed by atoms with Gasteiger partial charge in [0.1, 0.15) is 4.83 Å². The summed E-state index contributed by atoms with van der Waals surface area (Å²) in [6.45, 7) is 2.82. The molecule has 2 aromatic carbocycles. The van der Waals surface area contributed by atoms with Crippen LogP contribution in [-0.2, 0) is 17.8 Å². The van der Waals surface area contributed by atoms with Crippen LogP contribution in [0.2, 0.25) is 0 Å². The number of thiophene rings is 1. The third-order valence-corrected chi connectivity index (χ3v) is 6.78. The van der Waals surface area contributed by atoms with E-state index in [4.69, 9.17) is 0 Å². The topological polar surface area (TPSA) is 81.8 Å². The Kier molecular flexibility index (Phi) is 6.54. The second-order valence-electron chi connectivity index (χ2n) is 8.42. The zero-order chi connectivity index (χ0) is 24.2. The van der Waals surface area contributed by atoms with Crippen LogP contribution in [-0.4, -0.2) is 31.8 Å². The normalized spacial score (nSPS) is 11.1. The minimum Gasteiger partial charge on any atom is -0.356 e. The van der Waals surface area contributed by atoms with Crippen molar-refractivity contribution in [3.8, 4) is 16.8 Å². The Balaban J connectivity index is 1.19. The highest BCUT2D eigenvalue weighted by atomic mass is 32.1. The number of nitrogens with zero attached hydrogens (tertiary/aromatic N) is 4. The average Bonchev–Trinajstić information content (AvgIpc) is 3.53. The van der Waals surface area contributed by atoms with Crippen molar-refractivity contribution in [1.29, 1.82) is 0 Å². The average molecular weight is 484 g/mol. The summed E-state index contributed by atoms with van der Waals surface area (Å²) in [6, 6.07) is 18.0. The van der Waals surface area contributed by atoms with E-state index >= 15 is 0 Å². The summed E-state index contributed by atoms with van der Waals surface area (Å²) in [6.07, 6.45) is 6.20. The van der Waals surface area contributed by atoms with E-state index in [1.54, 1.807) is 0 Å². The molecule has 35 heavy (non-hydrogen) atoms. The molecule has 176 valence electrons. The van der Waals surface area contributed by atoms with Gasteiger partial charge in [-0.2, -0.15) is 5.10 Å². The quantitative estimate of drug-likeness (QED) is 0.355. The van der Waals surface area contributed by atoms with Crippen LogP contribution in [0.3, 0.4) is 0 Å². The first-order valence-electron chi connectivity index (χ1n) is 11.5. The predicted molar refractivity (Wildman–Crippen MR) is 139 cm³/mol. The third-order valence-electron chi connectivity index (χ3n) is 5.90. The SMILES string of the molecule is Cc1ccc(-c2csc3ncn(CCC(=O)NCCc4cnn(-c5ccccc5)c4)c(=O)c23)cc1. The van der Waals surface area contributed by atoms with E-state index in [9.17, 15) is 9.59 Å². The highest BCUT2D eigenvalue weighted by Gasteiger charge is 2.14. The Morgan fingerprint density at radius 3 is 2.69 bits per heavy atom. The molecule has 0 atom stereocenters. The summed E-state index contributed by atoms with van der Waals surface area (Å²) in [5, 5.41) is 9.90. The summed E-state index contributed by atoms with van der Waals surface area (Å²) >= 11 is 1.46. The molecule has 5 rings (SSSR count). The van der Waals surface area contributed by atoms with Crippen molar-refractivity contribution in [2.24, 2.45) is 0 Å². The van der Waals surface area contributed by atoms with Gasteiger partial charge in [0.2, 0.25) is 5.91 Å². The molecule has 0 radical (unpaired) electrons. The molecule has 1 N–H and O–H groups in total. The van der Waals surface area contributed by atoms with E-state index in [0.29, 0.717) is 23.2 Å². The Morgan fingerprint density at radius 2 is 1.89 bits per heavy atom. The van der Waals surface area contributed by atoms with Crippen molar-refractivity contribution in [3.05, 3.63) is 100 Å². The van der Waals surface area contributed by atoms with Gasteiger partial charge in [0.15, 0.2) is 0 Å². The molecule has 7 nitrogen and oxygen atoms in total. The number of hydrogen-bond acceptors (Lipinski definition) is 5. The van der Waals surface area contributed by atoms with Crippen molar-refractivity contribution in [1.82, 2.24) is 24.6 Å². The highest BCUT2D eigenvalue weighted by Crippen LogP contribution is 2.30. The second kappa shape index (κ2) is 10.1. The van der Waals surface area contributed by atoms with E-state index in [1.807, 2.05) is 84.0 Å². The molecule has 0 aliphatic carbocycles. The molecule has 0 aliphatic rings. The molecule has 0 spiro atoms. The minimum absolute atomic E-state index is 0.100. The fourth-order valence-electron chi connectivity index (χ4n) is 3.94. The van der Waals surface area contributed by atoms with Gasteiger partial charge < -0.3 is 5.32 Å². The number of amides is 1. The van der Waals surface area contributed by atoms with E-state index in [1.165, 1.54) is 27.8 Å². The number of nitrogens with one attached hydrogen (secondary N) is 1. The van der Waals surface area contributed by atoms with Gasteiger partial charge in [-0.25, -0.2) is 9.67 Å². The molecule has 0 fully saturated rings. The van der Waals surface area contributed by atoms with Gasteiger partial charge in [-0.15, -0.1) is 11.3 Å². The first kappa shape index (κ1) is 22.7. The molecule has 8 heteroatoms. The molecule has 5 aromatic rings. The fraction of sp³-hybridized carbons (Fsp3) is 0.185. The van der Waals surface area contributed by atoms with Gasteiger partial charge in [0.05, 0.1) is 23.6 Å². The summed E-state index contributed by atoms with van der Waals surface area (Å²) in [7, 11) is 0. The highest BCUT2D eigenvalue weighted by molar-refractivity contribution is 7.17. The molecule has 0 aliphatic heterocycles. The van der Waals surface area contributed by atoms with Crippen LogP contribution in [0, 0.1) is 6.92 Å². The van der Waals surface area contributed by atoms with Gasteiger partial charge in [0, 0.05) is 36.7 Å². The number of rotatable bonds is 8. The second-order valence-corrected chi connectivity index (χ2v) is 9.28. The lowest BCUT2D eigenvalue weighted by Crippen LogP contribution is -2.28. The Labute approximate surface area is 206 Å². The molecule has 0 bridgehead atoms. The standard InChI is InChI=1S/C27H25N5O2S/c1-19-7-9-21(10-8-19)23-17-35-26-25(23)27(34)31(18-29-26)14-12-24(33)28-13-11-20-15-30-32(16-20)22-5-3-2-4-6-22/h2-10,15-18H,11-14H2,1H3,(H,28,33). The molecule has 3 aromatic heterocycles. The molecule has 0 saturated carbocycles. The smallest absolute Gasteiger partial charge is 0.262 e. The number of aromatic nitrogens is 4. The molecule has 0 saturated heterocycles. The summed E-state index contributed by atoms with van der Waals surface area (Å²) in [5.74, 6) is -0.100. The lowest BCUT2D eigenvalue weighted by Gasteiger charge is -2.07. The summed E-state index contributed by atoms with van der Waals surface area (Å²) < 4.78 is 3.35. The first-order chi connectivity index (χ1) is 17.1. The molecule has 0 unspecified atom stereocenters. The van der Waals surface area contributed by atoms with E-state index in [-0.39, 0.29) is 24.4 Å². The zero-order valence-electron chi connectivity index (χ0n) is 19.3. The number of fused-ring (bicyclic) bond motifs is 1. The van der Waals surface area contributed by atoms with Crippen molar-refractivity contribution in [3.63, 3.8) is 0 Å². The van der Waals surface area contributed by atoms with Crippen LogP contribution in [0.5, 0.6) is 0 Å². The zero-order valence-corrected chi connectivity index (χ0v) is 20.2. The van der Waals surface area contributed by atoms with Crippen molar-refractivity contribution in [2.75, 3.05) is 6.54 Å². The monoisotopic (exact) mass is 483 g/mol. The molecule has 1 amide bonds. The number of aryl methyl sites for hydroxylation is 2.